The lowest BCUT2D eigenvalue weighted by Crippen LogP contribution is -2.37. The maximum Gasteiger partial charge on any atom is 0.330 e. The second kappa shape index (κ2) is 7.46. The van der Waals surface area contributed by atoms with Crippen LogP contribution >= 0.6 is 0 Å². The number of carbonyl (C=O) groups is 1. The van der Waals surface area contributed by atoms with Crippen LogP contribution in [0.15, 0.2) is 12.2 Å². The summed E-state index contributed by atoms with van der Waals surface area (Å²) >= 11 is 0. The zero-order chi connectivity index (χ0) is 11.8. The third kappa shape index (κ3) is 6.28. The normalized spacial score (nSPS) is 12.0. The molecule has 0 aliphatic heterocycles. The Labute approximate surface area is 93.1 Å². The Hall–Kier alpha value is -0.830. The minimum absolute atomic E-state index is 0.259. The summed E-state index contributed by atoms with van der Waals surface area (Å²) in [7, 11) is 0. The molecule has 0 aromatic heterocycles. The van der Waals surface area contributed by atoms with Crippen molar-refractivity contribution in [2.24, 2.45) is 0 Å². The highest BCUT2D eigenvalue weighted by Gasteiger charge is 2.10. The smallest absolute Gasteiger partial charge is 0.330 e. The van der Waals surface area contributed by atoms with Gasteiger partial charge < -0.3 is 4.74 Å². The summed E-state index contributed by atoms with van der Waals surface area (Å²) in [6, 6.07) is 0.966. The second-order valence-electron chi connectivity index (χ2n) is 4.04. The van der Waals surface area contributed by atoms with Gasteiger partial charge in [-0.2, -0.15) is 0 Å². The van der Waals surface area contributed by atoms with Crippen LogP contribution in [0, 0.1) is 0 Å². The topological polar surface area (TPSA) is 29.5 Å². The van der Waals surface area contributed by atoms with Crippen LogP contribution in [0.25, 0.3) is 0 Å². The fourth-order valence-electron chi connectivity index (χ4n) is 1.48. The third-order valence-corrected chi connectivity index (χ3v) is 2.18. The predicted molar refractivity (Wildman–Crippen MR) is 62.8 cm³/mol. The number of nitrogens with zero attached hydrogens (tertiary/aromatic N) is 1. The highest BCUT2D eigenvalue weighted by atomic mass is 16.5. The van der Waals surface area contributed by atoms with Gasteiger partial charge in [-0.3, -0.25) is 4.90 Å². The zero-order valence-corrected chi connectivity index (χ0v) is 10.5. The van der Waals surface area contributed by atoms with Crippen LogP contribution in [0.5, 0.6) is 0 Å². The first-order valence-corrected chi connectivity index (χ1v) is 5.58. The second-order valence-corrected chi connectivity index (χ2v) is 4.04. The summed E-state index contributed by atoms with van der Waals surface area (Å²) in [5.74, 6) is -0.259. The maximum atomic E-state index is 11.0. The molecular formula is C12H23NO2. The van der Waals surface area contributed by atoms with E-state index in [2.05, 4.69) is 32.6 Å². The van der Waals surface area contributed by atoms with E-state index in [0.29, 0.717) is 18.7 Å². The van der Waals surface area contributed by atoms with E-state index in [1.807, 2.05) is 6.08 Å². The molecule has 0 amide bonds. The summed E-state index contributed by atoms with van der Waals surface area (Å²) in [5, 5.41) is 0. The van der Waals surface area contributed by atoms with Gasteiger partial charge in [-0.05, 0) is 34.6 Å². The van der Waals surface area contributed by atoms with Crippen molar-refractivity contribution in [1.29, 1.82) is 0 Å². The predicted octanol–water partition coefficient (Wildman–Crippen LogP) is 2.22. The molecule has 88 valence electrons. The van der Waals surface area contributed by atoms with Crippen LogP contribution in [0.2, 0.25) is 0 Å². The molecule has 0 N–H and O–H groups in total. The molecule has 3 nitrogen and oxygen atoms in total. The van der Waals surface area contributed by atoms with E-state index in [1.165, 1.54) is 6.08 Å². The number of esters is 1. The van der Waals surface area contributed by atoms with Crippen molar-refractivity contribution < 1.29 is 9.53 Å². The molecule has 15 heavy (non-hydrogen) atoms. The molecule has 0 aliphatic rings. The largest absolute Gasteiger partial charge is 0.463 e. The number of hydrogen-bond donors (Lipinski definition) is 0. The highest BCUT2D eigenvalue weighted by Crippen LogP contribution is 2.04. The molecule has 0 fully saturated rings. The lowest BCUT2D eigenvalue weighted by Gasteiger charge is -2.29. The lowest BCUT2D eigenvalue weighted by atomic mass is 10.2. The van der Waals surface area contributed by atoms with Crippen LogP contribution in [0.4, 0.5) is 0 Å². The molecular weight excluding hydrogens is 190 g/mol. The lowest BCUT2D eigenvalue weighted by molar-refractivity contribution is -0.137. The van der Waals surface area contributed by atoms with Gasteiger partial charge in [0.05, 0.1) is 6.61 Å². The first-order valence-electron chi connectivity index (χ1n) is 5.58. The monoisotopic (exact) mass is 213 g/mol. The maximum absolute atomic E-state index is 11.0. The number of ether oxygens (including phenoxy) is 1. The van der Waals surface area contributed by atoms with Gasteiger partial charge in [0.15, 0.2) is 0 Å². The Kier molecular flexibility index (Phi) is 7.05. The number of carbonyl (C=O) groups excluding carboxylic acids is 1. The summed E-state index contributed by atoms with van der Waals surface area (Å²) < 4.78 is 4.80. The molecule has 0 rings (SSSR count). The molecule has 0 saturated carbocycles. The van der Waals surface area contributed by atoms with Crippen molar-refractivity contribution in [2.75, 3.05) is 13.2 Å². The summed E-state index contributed by atoms with van der Waals surface area (Å²) in [6.07, 6.45) is 3.36. The molecule has 0 aromatic rings. The van der Waals surface area contributed by atoms with E-state index in [1.54, 1.807) is 6.92 Å². The van der Waals surface area contributed by atoms with Gasteiger partial charge in [-0.1, -0.05) is 6.08 Å². The van der Waals surface area contributed by atoms with Crippen LogP contribution in [-0.2, 0) is 9.53 Å². The van der Waals surface area contributed by atoms with Crippen molar-refractivity contribution in [3.05, 3.63) is 12.2 Å². The van der Waals surface area contributed by atoms with Crippen molar-refractivity contribution >= 4 is 5.97 Å². The van der Waals surface area contributed by atoms with Gasteiger partial charge >= 0.3 is 5.97 Å². The van der Waals surface area contributed by atoms with Crippen molar-refractivity contribution in [3.8, 4) is 0 Å². The molecule has 0 bridgehead atoms. The van der Waals surface area contributed by atoms with Crippen LogP contribution in [-0.4, -0.2) is 36.1 Å². The van der Waals surface area contributed by atoms with E-state index < -0.39 is 0 Å². The molecule has 0 saturated heterocycles. The quantitative estimate of drug-likeness (QED) is 0.500. The molecule has 0 aliphatic carbocycles. The average Bonchev–Trinajstić information content (AvgIpc) is 2.11. The molecule has 0 aromatic carbocycles. The fourth-order valence-corrected chi connectivity index (χ4v) is 1.48. The van der Waals surface area contributed by atoms with Crippen LogP contribution in [0.3, 0.4) is 0 Å². The van der Waals surface area contributed by atoms with Crippen molar-refractivity contribution in [1.82, 2.24) is 4.90 Å². The van der Waals surface area contributed by atoms with Crippen LogP contribution in [0.1, 0.15) is 34.6 Å². The minimum atomic E-state index is -0.259. The Bertz CT molecular complexity index is 202. The standard InChI is InChI=1S/C12H23NO2/c1-6-15-12(14)8-7-9-13(10(2)3)11(4)5/h7-8,10-11H,6,9H2,1-5H3/b8-7+. The SMILES string of the molecule is CCOC(=O)/C=C/CN(C(C)C)C(C)C. The molecule has 3 heteroatoms. The molecule has 0 radical (unpaired) electrons. The highest BCUT2D eigenvalue weighted by molar-refractivity contribution is 5.81. The molecule has 0 spiro atoms. The van der Waals surface area contributed by atoms with E-state index in [-0.39, 0.29) is 5.97 Å². The van der Waals surface area contributed by atoms with Gasteiger partial charge in [0, 0.05) is 24.7 Å². The first-order chi connectivity index (χ1) is 6.99. The van der Waals surface area contributed by atoms with Crippen molar-refractivity contribution in [2.45, 2.75) is 46.7 Å². The Balaban J connectivity index is 4.04. The fraction of sp³-hybridized carbons (Fsp3) is 0.750. The van der Waals surface area contributed by atoms with E-state index >= 15 is 0 Å². The zero-order valence-electron chi connectivity index (χ0n) is 10.5. The minimum Gasteiger partial charge on any atom is -0.463 e. The van der Waals surface area contributed by atoms with E-state index in [9.17, 15) is 4.79 Å². The van der Waals surface area contributed by atoms with Crippen molar-refractivity contribution in [3.63, 3.8) is 0 Å². The van der Waals surface area contributed by atoms with E-state index in [0.717, 1.165) is 6.54 Å². The number of rotatable bonds is 6. The van der Waals surface area contributed by atoms with Gasteiger partial charge in [-0.15, -0.1) is 0 Å². The Morgan fingerprint density at radius 3 is 2.20 bits per heavy atom. The molecule has 0 unspecified atom stereocenters. The Morgan fingerprint density at radius 2 is 1.80 bits per heavy atom. The summed E-state index contributed by atoms with van der Waals surface area (Å²) in [6.45, 7) is 11.6. The number of hydrogen-bond acceptors (Lipinski definition) is 3. The third-order valence-electron chi connectivity index (χ3n) is 2.18. The summed E-state index contributed by atoms with van der Waals surface area (Å²) in [4.78, 5) is 13.3. The first kappa shape index (κ1) is 14.2. The van der Waals surface area contributed by atoms with Gasteiger partial charge in [0.25, 0.3) is 0 Å². The average molecular weight is 213 g/mol. The summed E-state index contributed by atoms with van der Waals surface area (Å²) in [5.41, 5.74) is 0. The van der Waals surface area contributed by atoms with Crippen LogP contribution < -0.4 is 0 Å². The molecule has 0 heterocycles. The Morgan fingerprint density at radius 1 is 1.27 bits per heavy atom. The molecule has 0 atom stereocenters. The van der Waals surface area contributed by atoms with Gasteiger partial charge in [0.1, 0.15) is 0 Å². The van der Waals surface area contributed by atoms with Gasteiger partial charge in [0.2, 0.25) is 0 Å². The van der Waals surface area contributed by atoms with E-state index in [4.69, 9.17) is 4.74 Å². The van der Waals surface area contributed by atoms with Gasteiger partial charge in [-0.25, -0.2) is 4.79 Å².